The molecule has 0 saturated heterocycles. The lowest BCUT2D eigenvalue weighted by atomic mass is 10.1. The Hall–Kier alpha value is -3.19. The van der Waals surface area contributed by atoms with E-state index < -0.39 is 0 Å². The summed E-state index contributed by atoms with van der Waals surface area (Å²) in [7, 11) is 0. The molecule has 0 radical (unpaired) electrons. The van der Waals surface area contributed by atoms with Crippen LogP contribution in [0.25, 0.3) is 0 Å². The fourth-order valence-corrected chi connectivity index (χ4v) is 3.28. The zero-order chi connectivity index (χ0) is 20.1. The van der Waals surface area contributed by atoms with Gasteiger partial charge in [-0.15, -0.1) is 0 Å². The van der Waals surface area contributed by atoms with Crippen molar-refractivity contribution >= 4 is 5.91 Å². The first-order valence-electron chi connectivity index (χ1n) is 9.54. The molecule has 1 N–H and O–H groups in total. The highest BCUT2D eigenvalue weighted by molar-refractivity contribution is 5.77. The number of rotatable bonds is 7. The second-order valence-electron chi connectivity index (χ2n) is 6.88. The molecule has 0 bridgehead atoms. The van der Waals surface area contributed by atoms with Crippen LogP contribution < -0.4 is 10.1 Å². The second-order valence-corrected chi connectivity index (χ2v) is 6.88. The van der Waals surface area contributed by atoms with E-state index in [0.717, 1.165) is 17.7 Å². The second kappa shape index (κ2) is 8.87. The molecule has 0 aliphatic carbocycles. The Balaban J connectivity index is 1.32. The Morgan fingerprint density at radius 1 is 1.21 bits per heavy atom. The molecule has 7 heteroatoms. The summed E-state index contributed by atoms with van der Waals surface area (Å²) in [5.74, 6) is -0.176. The van der Waals surface area contributed by atoms with Gasteiger partial charge in [0.05, 0.1) is 18.8 Å². The molecule has 0 unspecified atom stereocenters. The van der Waals surface area contributed by atoms with Crippen LogP contribution in [0.4, 0.5) is 4.39 Å². The van der Waals surface area contributed by atoms with E-state index in [4.69, 9.17) is 9.47 Å². The van der Waals surface area contributed by atoms with Crippen molar-refractivity contribution in [1.29, 1.82) is 0 Å². The third-order valence-electron chi connectivity index (χ3n) is 4.72. The predicted molar refractivity (Wildman–Crippen MR) is 105 cm³/mol. The molecule has 1 amide bonds. The number of hydrogen-bond donors (Lipinski definition) is 1. The Bertz CT molecular complexity index is 957. The van der Waals surface area contributed by atoms with Crippen molar-refractivity contribution < 1.29 is 18.7 Å². The van der Waals surface area contributed by atoms with Gasteiger partial charge in [0.25, 0.3) is 5.91 Å². The minimum atomic E-state index is -0.348. The van der Waals surface area contributed by atoms with Gasteiger partial charge in [-0.1, -0.05) is 30.3 Å². The fourth-order valence-electron chi connectivity index (χ4n) is 3.28. The van der Waals surface area contributed by atoms with Gasteiger partial charge in [-0.3, -0.25) is 9.48 Å². The molecule has 1 aromatic heterocycles. The van der Waals surface area contributed by atoms with Gasteiger partial charge in [0.2, 0.25) is 0 Å². The lowest BCUT2D eigenvalue weighted by Gasteiger charge is -2.22. The van der Waals surface area contributed by atoms with Gasteiger partial charge in [-0.05, 0) is 41.8 Å². The summed E-state index contributed by atoms with van der Waals surface area (Å²) in [5.41, 5.74) is 3.19. The number of halogens is 1. The van der Waals surface area contributed by atoms with Crippen molar-refractivity contribution in [2.75, 3.05) is 19.8 Å². The SMILES string of the molecule is O=C(COc1ccc(F)cc1)NC[C@H]1OCCc2cn(Cc3ccccc3)nc21. The lowest BCUT2D eigenvalue weighted by Crippen LogP contribution is -2.34. The van der Waals surface area contributed by atoms with Crippen molar-refractivity contribution in [3.05, 3.63) is 83.4 Å². The lowest BCUT2D eigenvalue weighted by molar-refractivity contribution is -0.123. The van der Waals surface area contributed by atoms with Crippen LogP contribution in [0.5, 0.6) is 5.75 Å². The molecule has 4 rings (SSSR count). The van der Waals surface area contributed by atoms with Crippen LogP contribution in [-0.2, 0) is 22.5 Å². The summed E-state index contributed by atoms with van der Waals surface area (Å²) in [6.45, 7) is 1.46. The van der Waals surface area contributed by atoms with Crippen LogP contribution in [0.3, 0.4) is 0 Å². The van der Waals surface area contributed by atoms with Crippen LogP contribution >= 0.6 is 0 Å². The molecule has 6 nitrogen and oxygen atoms in total. The molecule has 1 aliphatic rings. The first-order valence-corrected chi connectivity index (χ1v) is 9.54. The molecule has 2 aromatic carbocycles. The number of carbonyl (C=O) groups is 1. The molecular weight excluding hydrogens is 373 g/mol. The van der Waals surface area contributed by atoms with E-state index in [1.165, 1.54) is 29.8 Å². The fraction of sp³-hybridized carbons (Fsp3) is 0.273. The highest BCUT2D eigenvalue weighted by atomic mass is 19.1. The quantitative estimate of drug-likeness (QED) is 0.668. The number of fused-ring (bicyclic) bond motifs is 1. The van der Waals surface area contributed by atoms with Gasteiger partial charge >= 0.3 is 0 Å². The van der Waals surface area contributed by atoms with Crippen molar-refractivity contribution in [1.82, 2.24) is 15.1 Å². The monoisotopic (exact) mass is 395 g/mol. The predicted octanol–water partition coefficient (Wildman–Crippen LogP) is 2.88. The van der Waals surface area contributed by atoms with E-state index in [1.807, 2.05) is 22.9 Å². The summed E-state index contributed by atoms with van der Waals surface area (Å²) in [6.07, 6.45) is 2.57. The zero-order valence-corrected chi connectivity index (χ0v) is 15.9. The van der Waals surface area contributed by atoms with E-state index in [0.29, 0.717) is 25.4 Å². The van der Waals surface area contributed by atoms with Gasteiger partial charge in [-0.2, -0.15) is 5.10 Å². The molecule has 29 heavy (non-hydrogen) atoms. The number of nitrogens with one attached hydrogen (secondary N) is 1. The minimum absolute atomic E-state index is 0.145. The van der Waals surface area contributed by atoms with E-state index in [2.05, 4.69) is 28.7 Å². The van der Waals surface area contributed by atoms with Crippen molar-refractivity contribution in [2.45, 2.75) is 19.1 Å². The van der Waals surface area contributed by atoms with Crippen molar-refractivity contribution in [2.24, 2.45) is 0 Å². The first-order chi connectivity index (χ1) is 14.2. The third-order valence-corrected chi connectivity index (χ3v) is 4.72. The van der Waals surface area contributed by atoms with Gasteiger partial charge in [-0.25, -0.2) is 4.39 Å². The molecule has 2 heterocycles. The number of hydrogen-bond acceptors (Lipinski definition) is 4. The summed E-state index contributed by atoms with van der Waals surface area (Å²) < 4.78 is 26.0. The van der Waals surface area contributed by atoms with Crippen LogP contribution in [0.15, 0.2) is 60.8 Å². The first kappa shape index (κ1) is 19.1. The smallest absolute Gasteiger partial charge is 0.258 e. The Morgan fingerprint density at radius 3 is 2.79 bits per heavy atom. The van der Waals surface area contributed by atoms with Crippen molar-refractivity contribution in [3.8, 4) is 5.75 Å². The molecule has 0 saturated carbocycles. The Labute approximate surface area is 168 Å². The van der Waals surface area contributed by atoms with Crippen LogP contribution in [0, 0.1) is 5.82 Å². The molecular formula is C22H22FN3O3. The maximum absolute atomic E-state index is 12.9. The minimum Gasteiger partial charge on any atom is -0.484 e. The number of aromatic nitrogens is 2. The summed E-state index contributed by atoms with van der Waals surface area (Å²) in [6, 6.07) is 15.7. The number of ether oxygens (including phenoxy) is 2. The van der Waals surface area contributed by atoms with E-state index in [-0.39, 0.29) is 24.4 Å². The average molecular weight is 395 g/mol. The number of amides is 1. The highest BCUT2D eigenvalue weighted by Crippen LogP contribution is 2.25. The van der Waals surface area contributed by atoms with Crippen LogP contribution in [0.1, 0.15) is 22.9 Å². The van der Waals surface area contributed by atoms with E-state index in [9.17, 15) is 9.18 Å². The van der Waals surface area contributed by atoms with Crippen molar-refractivity contribution in [3.63, 3.8) is 0 Å². The Morgan fingerprint density at radius 2 is 2.00 bits per heavy atom. The molecule has 0 fully saturated rings. The molecule has 150 valence electrons. The molecule has 0 spiro atoms. The number of nitrogens with zero attached hydrogens (tertiary/aromatic N) is 2. The normalized spacial score (nSPS) is 15.6. The molecule has 1 atom stereocenters. The summed E-state index contributed by atoms with van der Waals surface area (Å²) in [5, 5.41) is 7.50. The third kappa shape index (κ3) is 5.00. The topological polar surface area (TPSA) is 65.4 Å². The maximum atomic E-state index is 12.9. The van der Waals surface area contributed by atoms with Crippen LogP contribution in [-0.4, -0.2) is 35.4 Å². The molecule has 1 aliphatic heterocycles. The summed E-state index contributed by atoms with van der Waals surface area (Å²) >= 11 is 0. The van der Waals surface area contributed by atoms with Gasteiger partial charge in [0, 0.05) is 12.7 Å². The number of carbonyl (C=O) groups excluding carboxylic acids is 1. The standard InChI is InChI=1S/C22H22FN3O3/c23-18-6-8-19(9-7-18)29-15-21(27)24-12-20-22-17(10-11-28-20)14-26(25-22)13-16-4-2-1-3-5-16/h1-9,14,20H,10-13,15H2,(H,24,27)/t20-/m1/s1. The average Bonchev–Trinajstić information content (AvgIpc) is 3.15. The van der Waals surface area contributed by atoms with Gasteiger partial charge < -0.3 is 14.8 Å². The summed E-state index contributed by atoms with van der Waals surface area (Å²) in [4.78, 5) is 12.1. The van der Waals surface area contributed by atoms with E-state index in [1.54, 1.807) is 0 Å². The van der Waals surface area contributed by atoms with E-state index >= 15 is 0 Å². The molecule has 3 aromatic rings. The maximum Gasteiger partial charge on any atom is 0.258 e. The highest BCUT2D eigenvalue weighted by Gasteiger charge is 2.25. The van der Waals surface area contributed by atoms with Gasteiger partial charge in [0.1, 0.15) is 17.7 Å². The number of benzene rings is 2. The Kier molecular flexibility index (Phi) is 5.86. The van der Waals surface area contributed by atoms with Crippen LogP contribution in [0.2, 0.25) is 0 Å². The zero-order valence-electron chi connectivity index (χ0n) is 15.9. The van der Waals surface area contributed by atoms with Gasteiger partial charge in [0.15, 0.2) is 6.61 Å². The largest absolute Gasteiger partial charge is 0.484 e.